The fourth-order valence-corrected chi connectivity index (χ4v) is 0.911. The topological polar surface area (TPSA) is 60.4 Å². The highest BCUT2D eigenvalue weighted by molar-refractivity contribution is 6.22. The lowest BCUT2D eigenvalue weighted by Gasteiger charge is -2.07. The van der Waals surface area contributed by atoms with E-state index in [9.17, 15) is 14.4 Å². The van der Waals surface area contributed by atoms with Crippen LogP contribution in [0.15, 0.2) is 0 Å². The van der Waals surface area contributed by atoms with E-state index in [0.717, 1.165) is 6.92 Å². The molecule has 0 aliphatic rings. The second-order valence-corrected chi connectivity index (χ2v) is 2.78. The van der Waals surface area contributed by atoms with Crippen molar-refractivity contribution in [1.82, 2.24) is 0 Å². The van der Waals surface area contributed by atoms with Gasteiger partial charge < -0.3 is 4.74 Å². The van der Waals surface area contributed by atoms with Crippen molar-refractivity contribution in [3.63, 3.8) is 0 Å². The lowest BCUT2D eigenvalue weighted by atomic mass is 10.0. The molecule has 0 aliphatic carbocycles. The van der Waals surface area contributed by atoms with Gasteiger partial charge in [-0.25, -0.2) is 0 Å². The molecule has 4 nitrogen and oxygen atoms in total. The van der Waals surface area contributed by atoms with Crippen LogP contribution in [-0.4, -0.2) is 24.1 Å². The Morgan fingerprint density at radius 1 is 1.25 bits per heavy atom. The average Bonchev–Trinajstić information content (AvgIpc) is 2.18. The molecule has 0 bridgehead atoms. The normalized spacial score (nSPS) is 9.94. The van der Waals surface area contributed by atoms with E-state index in [0.29, 0.717) is 0 Å². The summed E-state index contributed by atoms with van der Waals surface area (Å²) in [5, 5.41) is 0. The number of hydrogen-bond acceptors (Lipinski definition) is 4. The number of hydrogen-bond donors (Lipinski definition) is 0. The van der Waals surface area contributed by atoms with Crippen LogP contribution in [-0.2, 0) is 19.1 Å². The van der Waals surface area contributed by atoms with Gasteiger partial charge in [-0.2, -0.15) is 0 Å². The summed E-state index contributed by atoms with van der Waals surface area (Å²) in [6.07, 6.45) is 0. The summed E-state index contributed by atoms with van der Waals surface area (Å²) >= 11 is 0. The van der Waals surface area contributed by atoms with Crippen molar-refractivity contribution in [2.24, 2.45) is 5.92 Å². The first kappa shape index (κ1) is 13.9. The minimum Gasteiger partial charge on any atom is -0.465 e. The molecule has 0 heterocycles. The number of ketones is 2. The average molecular weight is 220 g/mol. The predicted octanol–water partition coefficient (Wildman–Crippen LogP) is 0.350. The maximum absolute atomic E-state index is 11.4. The van der Waals surface area contributed by atoms with E-state index in [4.69, 9.17) is 0 Å². The van der Waals surface area contributed by atoms with Crippen molar-refractivity contribution in [3.8, 4) is 23.7 Å². The third kappa shape index (κ3) is 4.43. The number of carbonyl (C=O) groups is 3. The van der Waals surface area contributed by atoms with Gasteiger partial charge in [-0.15, -0.1) is 0 Å². The molecule has 0 aromatic carbocycles. The van der Waals surface area contributed by atoms with Crippen molar-refractivity contribution >= 4 is 17.5 Å². The molecular weight excluding hydrogens is 208 g/mol. The van der Waals surface area contributed by atoms with E-state index in [-0.39, 0.29) is 6.61 Å². The Kier molecular flexibility index (Phi) is 6.31. The van der Waals surface area contributed by atoms with Crippen LogP contribution >= 0.6 is 0 Å². The van der Waals surface area contributed by atoms with E-state index >= 15 is 0 Å². The molecule has 0 saturated heterocycles. The molecule has 0 radical (unpaired) electrons. The molecule has 1 atom stereocenters. The Balaban J connectivity index is 4.86. The van der Waals surface area contributed by atoms with Crippen molar-refractivity contribution in [2.75, 3.05) is 6.61 Å². The molecular formula is C12H12O4. The van der Waals surface area contributed by atoms with Crippen LogP contribution in [0.1, 0.15) is 20.8 Å². The third-order valence-electron chi connectivity index (χ3n) is 1.56. The number of Topliss-reactive ketones (excluding diaryl/α,β-unsaturated/α-hetero) is 2. The first-order valence-corrected chi connectivity index (χ1v) is 4.68. The number of carbonyl (C=O) groups excluding carboxylic acids is 3. The van der Waals surface area contributed by atoms with Crippen LogP contribution in [0.25, 0.3) is 0 Å². The van der Waals surface area contributed by atoms with Gasteiger partial charge in [0.1, 0.15) is 0 Å². The van der Waals surface area contributed by atoms with E-state index < -0.39 is 23.5 Å². The standard InChI is InChI=1S/C12H12O4/c1-4-6-7-8-10(14)11(9(3)13)12(15)16-5-2/h11H,5H2,1-3H3. The number of esters is 1. The molecule has 0 saturated carbocycles. The first-order valence-electron chi connectivity index (χ1n) is 4.68. The van der Waals surface area contributed by atoms with E-state index in [1.54, 1.807) is 13.8 Å². The molecule has 0 spiro atoms. The van der Waals surface area contributed by atoms with Crippen molar-refractivity contribution in [1.29, 1.82) is 0 Å². The van der Waals surface area contributed by atoms with Gasteiger partial charge in [0.2, 0.25) is 5.78 Å². The van der Waals surface area contributed by atoms with Crippen molar-refractivity contribution < 1.29 is 19.1 Å². The summed E-state index contributed by atoms with van der Waals surface area (Å²) in [4.78, 5) is 33.8. The SMILES string of the molecule is CC#CC#CC(=O)C(C(C)=O)C(=O)OCC. The predicted molar refractivity (Wildman–Crippen MR) is 57.0 cm³/mol. The summed E-state index contributed by atoms with van der Waals surface area (Å²) in [7, 11) is 0. The Morgan fingerprint density at radius 2 is 1.88 bits per heavy atom. The first-order chi connectivity index (χ1) is 7.54. The minimum absolute atomic E-state index is 0.109. The third-order valence-corrected chi connectivity index (χ3v) is 1.56. The van der Waals surface area contributed by atoms with Crippen LogP contribution < -0.4 is 0 Å². The quantitative estimate of drug-likeness (QED) is 0.297. The summed E-state index contributed by atoms with van der Waals surface area (Å²) in [5.74, 6) is 5.50. The van der Waals surface area contributed by atoms with Gasteiger partial charge in [-0.3, -0.25) is 14.4 Å². The van der Waals surface area contributed by atoms with Gasteiger partial charge in [-0.05, 0) is 38.5 Å². The monoisotopic (exact) mass is 220 g/mol. The van der Waals surface area contributed by atoms with Gasteiger partial charge >= 0.3 is 5.97 Å². The smallest absolute Gasteiger partial charge is 0.325 e. The summed E-state index contributed by atoms with van der Waals surface area (Å²) in [6, 6.07) is 0. The molecule has 0 aromatic heterocycles. The Bertz CT molecular complexity index is 412. The van der Waals surface area contributed by atoms with Gasteiger partial charge in [0, 0.05) is 0 Å². The largest absolute Gasteiger partial charge is 0.465 e. The highest BCUT2D eigenvalue weighted by Gasteiger charge is 2.31. The van der Waals surface area contributed by atoms with Gasteiger partial charge in [-0.1, -0.05) is 5.92 Å². The van der Waals surface area contributed by atoms with Gasteiger partial charge in [0.15, 0.2) is 11.7 Å². The maximum atomic E-state index is 11.4. The highest BCUT2D eigenvalue weighted by atomic mass is 16.5. The van der Waals surface area contributed by atoms with Crippen molar-refractivity contribution in [2.45, 2.75) is 20.8 Å². The zero-order chi connectivity index (χ0) is 12.6. The molecule has 1 unspecified atom stereocenters. The van der Waals surface area contributed by atoms with Crippen LogP contribution in [0, 0.1) is 29.6 Å². The van der Waals surface area contributed by atoms with E-state index in [1.165, 1.54) is 0 Å². The zero-order valence-corrected chi connectivity index (χ0v) is 9.42. The van der Waals surface area contributed by atoms with Crippen LogP contribution in [0.2, 0.25) is 0 Å². The minimum atomic E-state index is -1.45. The van der Waals surface area contributed by atoms with E-state index in [1.807, 2.05) is 0 Å². The molecule has 0 aliphatic heterocycles. The molecule has 0 aromatic rings. The molecule has 0 fully saturated rings. The summed E-state index contributed by atoms with van der Waals surface area (Å²) < 4.78 is 4.61. The molecule has 16 heavy (non-hydrogen) atoms. The van der Waals surface area contributed by atoms with E-state index in [2.05, 4.69) is 28.4 Å². The van der Waals surface area contributed by atoms with Crippen LogP contribution in [0.3, 0.4) is 0 Å². The summed E-state index contributed by atoms with van der Waals surface area (Å²) in [6.45, 7) is 4.41. The Hall–Kier alpha value is -2.07. The fourth-order valence-electron chi connectivity index (χ4n) is 0.911. The second kappa shape index (κ2) is 7.25. The molecule has 84 valence electrons. The summed E-state index contributed by atoms with van der Waals surface area (Å²) in [5.41, 5.74) is 0. The fraction of sp³-hybridized carbons (Fsp3) is 0.417. The number of ether oxygens (including phenoxy) is 1. The second-order valence-electron chi connectivity index (χ2n) is 2.78. The molecule has 0 N–H and O–H groups in total. The molecule has 4 heteroatoms. The van der Waals surface area contributed by atoms with Gasteiger partial charge in [0.25, 0.3) is 0 Å². The molecule has 0 rings (SSSR count). The zero-order valence-electron chi connectivity index (χ0n) is 9.42. The van der Waals surface area contributed by atoms with Gasteiger partial charge in [0.05, 0.1) is 6.61 Å². The maximum Gasteiger partial charge on any atom is 0.325 e. The molecule has 0 amide bonds. The van der Waals surface area contributed by atoms with Crippen molar-refractivity contribution in [3.05, 3.63) is 0 Å². The number of rotatable bonds is 4. The Morgan fingerprint density at radius 3 is 2.31 bits per heavy atom. The lowest BCUT2D eigenvalue weighted by molar-refractivity contribution is -0.153. The lowest BCUT2D eigenvalue weighted by Crippen LogP contribution is -2.31. The highest BCUT2D eigenvalue weighted by Crippen LogP contribution is 2.03. The van der Waals surface area contributed by atoms with Crippen LogP contribution in [0.4, 0.5) is 0 Å². The Labute approximate surface area is 94.4 Å². The van der Waals surface area contributed by atoms with Crippen LogP contribution in [0.5, 0.6) is 0 Å².